The Hall–Kier alpha value is -1.33. The lowest BCUT2D eigenvalue weighted by Gasteiger charge is -2.31. The summed E-state index contributed by atoms with van der Waals surface area (Å²) in [7, 11) is 0. The number of fused-ring (bicyclic) bond motifs is 1. The van der Waals surface area contributed by atoms with Crippen molar-refractivity contribution in [3.8, 4) is 0 Å². The van der Waals surface area contributed by atoms with Crippen LogP contribution < -0.4 is 0 Å². The molecule has 0 spiro atoms. The molecule has 0 N–H and O–H groups in total. The zero-order valence-corrected chi connectivity index (χ0v) is 14.6. The fourth-order valence-corrected chi connectivity index (χ4v) is 2.86. The minimum atomic E-state index is -0.240. The van der Waals surface area contributed by atoms with Crippen molar-refractivity contribution in [2.75, 3.05) is 6.61 Å². The molecule has 1 unspecified atom stereocenters. The quantitative estimate of drug-likeness (QED) is 0.472. The third-order valence-corrected chi connectivity index (χ3v) is 3.96. The highest BCUT2D eigenvalue weighted by Crippen LogP contribution is 2.37. The topological polar surface area (TPSA) is 57.0 Å². The number of ether oxygens (including phenoxy) is 1. The Labute approximate surface area is 139 Å². The van der Waals surface area contributed by atoms with Crippen LogP contribution >= 0.6 is 23.2 Å². The summed E-state index contributed by atoms with van der Waals surface area (Å²) >= 11 is 12.0. The van der Waals surface area contributed by atoms with Gasteiger partial charge in [-0.05, 0) is 30.0 Å². The van der Waals surface area contributed by atoms with E-state index in [1.807, 2.05) is 16.8 Å². The molecule has 7 heteroatoms. The number of hydrogen-bond acceptors (Lipinski definition) is 4. The molecule has 0 amide bonds. The van der Waals surface area contributed by atoms with Crippen LogP contribution in [-0.2, 0) is 9.53 Å². The Morgan fingerprint density at radius 3 is 2.64 bits per heavy atom. The minimum Gasteiger partial charge on any atom is -0.466 e. The van der Waals surface area contributed by atoms with E-state index in [1.54, 1.807) is 6.92 Å². The molecule has 1 atom stereocenters. The highest BCUT2D eigenvalue weighted by molar-refractivity contribution is 6.35. The zero-order chi connectivity index (χ0) is 16.5. The molecule has 2 heterocycles. The van der Waals surface area contributed by atoms with Gasteiger partial charge in [0.2, 0.25) is 5.28 Å². The average Bonchev–Trinajstić information content (AvgIpc) is 2.78. The Morgan fingerprint density at radius 2 is 2.05 bits per heavy atom. The molecule has 0 fully saturated rings. The van der Waals surface area contributed by atoms with Crippen molar-refractivity contribution in [1.29, 1.82) is 0 Å². The molecule has 0 saturated carbocycles. The molecule has 22 heavy (non-hydrogen) atoms. The summed E-state index contributed by atoms with van der Waals surface area (Å²) in [5.74, 6) is -0.240. The normalized spacial score (nSPS) is 13.4. The third kappa shape index (κ3) is 3.52. The zero-order valence-electron chi connectivity index (χ0n) is 13.1. The number of carbonyl (C=O) groups is 1. The predicted octanol–water partition coefficient (Wildman–Crippen LogP) is 4.28. The average molecular weight is 344 g/mol. The Kier molecular flexibility index (Phi) is 4.97. The number of halogens is 2. The van der Waals surface area contributed by atoms with Gasteiger partial charge in [-0.25, -0.2) is 4.98 Å². The van der Waals surface area contributed by atoms with E-state index >= 15 is 0 Å². The first-order valence-corrected chi connectivity index (χ1v) is 7.84. The minimum absolute atomic E-state index is 0.0845. The van der Waals surface area contributed by atoms with Crippen LogP contribution in [0.5, 0.6) is 0 Å². The Bertz CT molecular complexity index is 692. The Balaban J connectivity index is 2.50. The molecule has 0 aliphatic rings. The van der Waals surface area contributed by atoms with E-state index in [4.69, 9.17) is 27.9 Å². The molecule has 5 nitrogen and oxygen atoms in total. The van der Waals surface area contributed by atoms with Crippen molar-refractivity contribution < 1.29 is 9.53 Å². The number of nitrogens with zero attached hydrogens (tertiary/aromatic N) is 3. The summed E-state index contributed by atoms with van der Waals surface area (Å²) in [6.07, 6.45) is 2.11. The standard InChI is InChI=1S/C15H19Cl2N3O2/c1-5-22-11(21)8-10(15(2,3)4)20-7-6-9-12(16)18-14(17)19-13(9)20/h6-7,10H,5,8H2,1-4H3. The lowest BCUT2D eigenvalue weighted by atomic mass is 9.84. The molecule has 0 aliphatic carbocycles. The van der Waals surface area contributed by atoms with Gasteiger partial charge in [0.25, 0.3) is 0 Å². The van der Waals surface area contributed by atoms with Crippen molar-refractivity contribution in [3.05, 3.63) is 22.7 Å². The van der Waals surface area contributed by atoms with Crippen molar-refractivity contribution in [2.24, 2.45) is 5.41 Å². The number of rotatable bonds is 4. The number of aromatic nitrogens is 3. The summed E-state index contributed by atoms with van der Waals surface area (Å²) < 4.78 is 7.01. The maximum absolute atomic E-state index is 11.9. The van der Waals surface area contributed by atoms with Gasteiger partial charge in [-0.3, -0.25) is 4.79 Å². The SMILES string of the molecule is CCOC(=O)CC(n1ccc2c(Cl)nc(Cl)nc21)C(C)(C)C. The molecule has 2 aromatic heterocycles. The Morgan fingerprint density at radius 1 is 1.36 bits per heavy atom. The lowest BCUT2D eigenvalue weighted by Crippen LogP contribution is -2.27. The summed E-state index contributed by atoms with van der Waals surface area (Å²) in [4.78, 5) is 20.2. The fourth-order valence-electron chi connectivity index (χ4n) is 2.42. The summed E-state index contributed by atoms with van der Waals surface area (Å²) in [6, 6.07) is 1.70. The van der Waals surface area contributed by atoms with Crippen LogP contribution in [0.1, 0.15) is 40.2 Å². The fraction of sp³-hybridized carbons (Fsp3) is 0.533. The molecule has 2 rings (SSSR count). The summed E-state index contributed by atoms with van der Waals surface area (Å²) in [6.45, 7) is 8.34. The largest absolute Gasteiger partial charge is 0.466 e. The number of carbonyl (C=O) groups excluding carboxylic acids is 1. The lowest BCUT2D eigenvalue weighted by molar-refractivity contribution is -0.144. The van der Waals surface area contributed by atoms with Gasteiger partial charge in [0.05, 0.1) is 24.5 Å². The van der Waals surface area contributed by atoms with Gasteiger partial charge in [-0.2, -0.15) is 4.98 Å². The van der Waals surface area contributed by atoms with Crippen LogP contribution in [0.15, 0.2) is 12.3 Å². The van der Waals surface area contributed by atoms with Gasteiger partial charge in [-0.15, -0.1) is 0 Å². The smallest absolute Gasteiger partial charge is 0.307 e. The van der Waals surface area contributed by atoms with Gasteiger partial charge in [0, 0.05) is 6.20 Å². The maximum atomic E-state index is 11.9. The van der Waals surface area contributed by atoms with E-state index in [1.165, 1.54) is 0 Å². The first kappa shape index (κ1) is 17.0. The van der Waals surface area contributed by atoms with Crippen LogP contribution in [0.4, 0.5) is 0 Å². The van der Waals surface area contributed by atoms with Crippen molar-refractivity contribution in [3.63, 3.8) is 0 Å². The molecule has 0 saturated heterocycles. The van der Waals surface area contributed by atoms with Gasteiger partial charge in [-0.1, -0.05) is 32.4 Å². The molecule has 0 radical (unpaired) electrons. The van der Waals surface area contributed by atoms with Crippen molar-refractivity contribution >= 4 is 40.2 Å². The molecule has 120 valence electrons. The predicted molar refractivity (Wildman–Crippen MR) is 87.3 cm³/mol. The van der Waals surface area contributed by atoms with Crippen LogP contribution in [0.3, 0.4) is 0 Å². The van der Waals surface area contributed by atoms with Crippen LogP contribution in [0.25, 0.3) is 11.0 Å². The van der Waals surface area contributed by atoms with Gasteiger partial charge < -0.3 is 9.30 Å². The van der Waals surface area contributed by atoms with E-state index in [2.05, 4.69) is 30.7 Å². The second-order valence-corrected chi connectivity index (χ2v) is 6.83. The second-order valence-electron chi connectivity index (χ2n) is 6.13. The monoisotopic (exact) mass is 343 g/mol. The third-order valence-electron chi connectivity index (χ3n) is 3.50. The van der Waals surface area contributed by atoms with Crippen LogP contribution in [0.2, 0.25) is 10.4 Å². The van der Waals surface area contributed by atoms with Crippen LogP contribution in [-0.4, -0.2) is 27.1 Å². The van der Waals surface area contributed by atoms with Crippen molar-refractivity contribution in [2.45, 2.75) is 40.2 Å². The molecule has 0 bridgehead atoms. The molecule has 0 aromatic carbocycles. The van der Waals surface area contributed by atoms with E-state index in [9.17, 15) is 4.79 Å². The first-order chi connectivity index (χ1) is 10.2. The molecule has 2 aromatic rings. The van der Waals surface area contributed by atoms with E-state index in [0.29, 0.717) is 22.8 Å². The summed E-state index contributed by atoms with van der Waals surface area (Å²) in [5, 5.41) is 1.10. The first-order valence-electron chi connectivity index (χ1n) is 7.09. The van der Waals surface area contributed by atoms with E-state index < -0.39 is 0 Å². The van der Waals surface area contributed by atoms with Gasteiger partial charge >= 0.3 is 5.97 Å². The number of esters is 1. The van der Waals surface area contributed by atoms with Gasteiger partial charge in [0.1, 0.15) is 10.8 Å². The maximum Gasteiger partial charge on any atom is 0.307 e. The molecular weight excluding hydrogens is 325 g/mol. The van der Waals surface area contributed by atoms with Crippen molar-refractivity contribution in [1.82, 2.24) is 14.5 Å². The van der Waals surface area contributed by atoms with E-state index in [0.717, 1.165) is 0 Å². The van der Waals surface area contributed by atoms with Crippen LogP contribution in [0, 0.1) is 5.41 Å². The molecular formula is C15H19Cl2N3O2. The molecule has 0 aliphatic heterocycles. The highest BCUT2D eigenvalue weighted by atomic mass is 35.5. The number of hydrogen-bond donors (Lipinski definition) is 0. The second kappa shape index (κ2) is 6.42. The summed E-state index contributed by atoms with van der Waals surface area (Å²) in [5.41, 5.74) is 0.442. The van der Waals surface area contributed by atoms with E-state index in [-0.39, 0.29) is 29.1 Å². The highest BCUT2D eigenvalue weighted by Gasteiger charge is 2.30. The van der Waals surface area contributed by atoms with Gasteiger partial charge in [0.15, 0.2) is 0 Å².